The molecule has 16 heavy (non-hydrogen) atoms. The first kappa shape index (κ1) is 11.2. The molecule has 1 aromatic carbocycles. The van der Waals surface area contributed by atoms with Crippen molar-refractivity contribution in [2.75, 3.05) is 19.5 Å². The van der Waals surface area contributed by atoms with Gasteiger partial charge in [0.1, 0.15) is 10.8 Å². The summed E-state index contributed by atoms with van der Waals surface area (Å²) >= 11 is 1.48. The van der Waals surface area contributed by atoms with Crippen molar-refractivity contribution in [2.24, 2.45) is 0 Å². The first-order valence-electron chi connectivity index (χ1n) is 4.88. The number of nitrogens with zero attached hydrogens (tertiary/aromatic N) is 2. The normalized spacial score (nSPS) is 10.6. The van der Waals surface area contributed by atoms with Crippen LogP contribution in [-0.4, -0.2) is 34.5 Å². The van der Waals surface area contributed by atoms with Crippen molar-refractivity contribution in [2.45, 2.75) is 5.03 Å². The molecule has 0 fully saturated rings. The zero-order chi connectivity index (χ0) is 11.4. The van der Waals surface area contributed by atoms with Gasteiger partial charge in [0.15, 0.2) is 0 Å². The van der Waals surface area contributed by atoms with Crippen molar-refractivity contribution >= 4 is 22.8 Å². The van der Waals surface area contributed by atoms with Crippen molar-refractivity contribution in [3.8, 4) is 5.75 Å². The van der Waals surface area contributed by atoms with Gasteiger partial charge in [0, 0.05) is 11.8 Å². The fourth-order valence-electron chi connectivity index (χ4n) is 1.32. The van der Waals surface area contributed by atoms with Crippen LogP contribution in [0.2, 0.25) is 0 Å². The Balaban J connectivity index is 2.35. The fourth-order valence-corrected chi connectivity index (χ4v) is 1.91. The lowest BCUT2D eigenvalue weighted by atomic mass is 10.3. The summed E-state index contributed by atoms with van der Waals surface area (Å²) in [6.45, 7) is 0.141. The summed E-state index contributed by atoms with van der Waals surface area (Å²) < 4.78 is 5.13. The van der Waals surface area contributed by atoms with Gasteiger partial charge in [-0.2, -0.15) is 0 Å². The van der Waals surface area contributed by atoms with E-state index in [0.717, 1.165) is 21.8 Å². The van der Waals surface area contributed by atoms with Crippen LogP contribution in [0.3, 0.4) is 0 Å². The average Bonchev–Trinajstić information content (AvgIpc) is 2.35. The molecular weight excluding hydrogens is 224 g/mol. The van der Waals surface area contributed by atoms with E-state index in [1.54, 1.807) is 13.3 Å². The highest BCUT2D eigenvalue weighted by molar-refractivity contribution is 7.99. The molecule has 0 radical (unpaired) electrons. The van der Waals surface area contributed by atoms with Crippen molar-refractivity contribution in [1.29, 1.82) is 0 Å². The zero-order valence-corrected chi connectivity index (χ0v) is 9.70. The Morgan fingerprint density at radius 1 is 1.38 bits per heavy atom. The number of aliphatic hydroxyl groups is 1. The summed E-state index contributed by atoms with van der Waals surface area (Å²) in [5.74, 6) is 1.40. The second-order valence-corrected chi connectivity index (χ2v) is 4.25. The summed E-state index contributed by atoms with van der Waals surface area (Å²) in [5.41, 5.74) is 1.65. The van der Waals surface area contributed by atoms with Crippen LogP contribution in [0.4, 0.5) is 0 Å². The van der Waals surface area contributed by atoms with Crippen molar-refractivity contribution < 1.29 is 9.84 Å². The molecule has 0 amide bonds. The minimum absolute atomic E-state index is 0.141. The molecule has 0 spiro atoms. The highest BCUT2D eigenvalue weighted by Crippen LogP contribution is 2.21. The molecule has 84 valence electrons. The van der Waals surface area contributed by atoms with Gasteiger partial charge in [0.05, 0.1) is 30.9 Å². The highest BCUT2D eigenvalue weighted by atomic mass is 32.2. The van der Waals surface area contributed by atoms with E-state index in [4.69, 9.17) is 9.84 Å². The third kappa shape index (κ3) is 2.43. The zero-order valence-electron chi connectivity index (χ0n) is 8.88. The molecule has 0 aliphatic rings. The van der Waals surface area contributed by atoms with E-state index in [2.05, 4.69) is 9.97 Å². The number of aliphatic hydroxyl groups excluding tert-OH is 1. The maximum Gasteiger partial charge on any atom is 0.121 e. The minimum Gasteiger partial charge on any atom is -0.497 e. The molecule has 5 heteroatoms. The van der Waals surface area contributed by atoms with Crippen LogP contribution in [0.15, 0.2) is 29.4 Å². The molecule has 1 N–H and O–H groups in total. The molecule has 0 saturated heterocycles. The standard InChI is InChI=1S/C11H12N2O2S/c1-15-8-2-3-9-10(6-8)13-11(7-12-9)16-5-4-14/h2-3,6-7,14H,4-5H2,1H3. The molecule has 1 heterocycles. The Morgan fingerprint density at radius 2 is 2.25 bits per heavy atom. The number of benzene rings is 1. The highest BCUT2D eigenvalue weighted by Gasteiger charge is 2.01. The van der Waals surface area contributed by atoms with E-state index in [1.807, 2.05) is 18.2 Å². The van der Waals surface area contributed by atoms with E-state index in [0.29, 0.717) is 5.75 Å². The monoisotopic (exact) mass is 236 g/mol. The summed E-state index contributed by atoms with van der Waals surface area (Å²) in [6.07, 6.45) is 1.72. The van der Waals surface area contributed by atoms with Crippen molar-refractivity contribution in [3.05, 3.63) is 24.4 Å². The quantitative estimate of drug-likeness (QED) is 0.819. The van der Waals surface area contributed by atoms with Gasteiger partial charge in [-0.05, 0) is 12.1 Å². The van der Waals surface area contributed by atoms with Gasteiger partial charge in [-0.1, -0.05) is 0 Å². The summed E-state index contributed by atoms with van der Waals surface area (Å²) in [6, 6.07) is 5.59. The van der Waals surface area contributed by atoms with Crippen LogP contribution in [0.1, 0.15) is 0 Å². The summed E-state index contributed by atoms with van der Waals surface area (Å²) in [5, 5.41) is 9.55. The van der Waals surface area contributed by atoms with Crippen LogP contribution in [-0.2, 0) is 0 Å². The first-order chi connectivity index (χ1) is 7.83. The molecule has 0 bridgehead atoms. The van der Waals surface area contributed by atoms with Gasteiger partial charge in [-0.3, -0.25) is 4.98 Å². The smallest absolute Gasteiger partial charge is 0.121 e. The molecule has 0 atom stereocenters. The van der Waals surface area contributed by atoms with E-state index in [1.165, 1.54) is 11.8 Å². The second-order valence-electron chi connectivity index (χ2n) is 3.13. The summed E-state index contributed by atoms with van der Waals surface area (Å²) in [7, 11) is 1.62. The third-order valence-corrected chi connectivity index (χ3v) is 2.95. The van der Waals surface area contributed by atoms with Crippen LogP contribution in [0.5, 0.6) is 5.75 Å². The van der Waals surface area contributed by atoms with Gasteiger partial charge in [0.25, 0.3) is 0 Å². The van der Waals surface area contributed by atoms with Crippen molar-refractivity contribution in [3.63, 3.8) is 0 Å². The molecule has 4 nitrogen and oxygen atoms in total. The Bertz CT molecular complexity index is 490. The number of hydrogen-bond donors (Lipinski definition) is 1. The topological polar surface area (TPSA) is 55.2 Å². The average molecular weight is 236 g/mol. The lowest BCUT2D eigenvalue weighted by Gasteiger charge is -2.03. The lowest BCUT2D eigenvalue weighted by Crippen LogP contribution is -1.91. The maximum atomic E-state index is 8.73. The van der Waals surface area contributed by atoms with Crippen LogP contribution >= 0.6 is 11.8 Å². The van der Waals surface area contributed by atoms with Gasteiger partial charge in [-0.15, -0.1) is 11.8 Å². The molecular formula is C11H12N2O2S. The van der Waals surface area contributed by atoms with Crippen LogP contribution < -0.4 is 4.74 Å². The van der Waals surface area contributed by atoms with E-state index in [9.17, 15) is 0 Å². The number of ether oxygens (including phenoxy) is 1. The Kier molecular flexibility index (Phi) is 3.58. The number of methoxy groups -OCH3 is 1. The lowest BCUT2D eigenvalue weighted by molar-refractivity contribution is 0.322. The number of fused-ring (bicyclic) bond motifs is 1. The van der Waals surface area contributed by atoms with Crippen LogP contribution in [0, 0.1) is 0 Å². The molecule has 0 aliphatic carbocycles. The molecule has 2 aromatic rings. The minimum atomic E-state index is 0.141. The van der Waals surface area contributed by atoms with E-state index in [-0.39, 0.29) is 6.61 Å². The molecule has 1 aromatic heterocycles. The predicted molar refractivity (Wildman–Crippen MR) is 63.9 cm³/mol. The predicted octanol–water partition coefficient (Wildman–Crippen LogP) is 1.72. The Morgan fingerprint density at radius 3 is 3.00 bits per heavy atom. The maximum absolute atomic E-state index is 8.73. The molecule has 2 rings (SSSR count). The van der Waals surface area contributed by atoms with Gasteiger partial charge in [0.2, 0.25) is 0 Å². The van der Waals surface area contributed by atoms with Crippen LogP contribution in [0.25, 0.3) is 11.0 Å². The second kappa shape index (κ2) is 5.14. The number of rotatable bonds is 4. The van der Waals surface area contributed by atoms with Gasteiger partial charge >= 0.3 is 0 Å². The SMILES string of the molecule is COc1ccc2ncc(SCCO)nc2c1. The number of aromatic nitrogens is 2. The molecule has 0 saturated carbocycles. The van der Waals surface area contributed by atoms with Gasteiger partial charge in [-0.25, -0.2) is 4.98 Å². The Hall–Kier alpha value is -1.33. The summed E-state index contributed by atoms with van der Waals surface area (Å²) in [4.78, 5) is 8.72. The van der Waals surface area contributed by atoms with Crippen molar-refractivity contribution in [1.82, 2.24) is 9.97 Å². The van der Waals surface area contributed by atoms with Gasteiger partial charge < -0.3 is 9.84 Å². The van der Waals surface area contributed by atoms with E-state index >= 15 is 0 Å². The van der Waals surface area contributed by atoms with E-state index < -0.39 is 0 Å². The number of hydrogen-bond acceptors (Lipinski definition) is 5. The molecule has 0 unspecified atom stereocenters. The largest absolute Gasteiger partial charge is 0.497 e. The Labute approximate surface area is 97.7 Å². The number of thioether (sulfide) groups is 1. The first-order valence-corrected chi connectivity index (χ1v) is 5.86. The fraction of sp³-hybridized carbons (Fsp3) is 0.273. The third-order valence-electron chi connectivity index (χ3n) is 2.07. The molecule has 0 aliphatic heterocycles.